The van der Waals surface area contributed by atoms with Crippen LogP contribution >= 0.6 is 11.6 Å². The summed E-state index contributed by atoms with van der Waals surface area (Å²) in [5.74, 6) is 0.854. The Bertz CT molecular complexity index is 800. The molecular weight excluding hydrogens is 362 g/mol. The number of carbonyl (C=O) groups is 1. The summed E-state index contributed by atoms with van der Waals surface area (Å²) in [6.45, 7) is 5.13. The van der Waals surface area contributed by atoms with Gasteiger partial charge in [-0.2, -0.15) is 0 Å². The van der Waals surface area contributed by atoms with E-state index in [0.717, 1.165) is 68.6 Å². The number of benzene rings is 1. The highest BCUT2D eigenvalue weighted by Gasteiger charge is 2.22. The lowest BCUT2D eigenvalue weighted by Gasteiger charge is -2.36. The molecule has 27 heavy (non-hydrogen) atoms. The molecule has 1 amide bonds. The van der Waals surface area contributed by atoms with Gasteiger partial charge in [-0.3, -0.25) is 4.79 Å². The molecule has 0 aliphatic carbocycles. The second kappa shape index (κ2) is 8.13. The fourth-order valence-electron chi connectivity index (χ4n) is 3.76. The van der Waals surface area contributed by atoms with Gasteiger partial charge in [0.1, 0.15) is 17.8 Å². The van der Waals surface area contributed by atoms with Gasteiger partial charge in [0.2, 0.25) is 0 Å². The highest BCUT2D eigenvalue weighted by atomic mass is 35.5. The zero-order valence-electron chi connectivity index (χ0n) is 15.4. The van der Waals surface area contributed by atoms with E-state index in [1.54, 1.807) is 0 Å². The number of hydrogen-bond donors (Lipinski definition) is 0. The van der Waals surface area contributed by atoms with Crippen LogP contribution in [0.2, 0.25) is 5.02 Å². The van der Waals surface area contributed by atoms with E-state index in [9.17, 15) is 4.79 Å². The van der Waals surface area contributed by atoms with Crippen molar-refractivity contribution in [2.75, 3.05) is 49.1 Å². The summed E-state index contributed by atoms with van der Waals surface area (Å²) in [6, 6.07) is 9.79. The largest absolute Gasteiger partial charge is 0.368 e. The molecule has 2 aliphatic heterocycles. The lowest BCUT2D eigenvalue weighted by molar-refractivity contribution is 0.0718. The molecule has 2 aliphatic rings. The first-order chi connectivity index (χ1) is 13.2. The molecule has 4 rings (SSSR count). The van der Waals surface area contributed by atoms with Crippen LogP contribution < -0.4 is 9.80 Å². The first-order valence-corrected chi connectivity index (χ1v) is 9.95. The molecule has 0 N–H and O–H groups in total. The molecule has 0 unspecified atom stereocenters. The van der Waals surface area contributed by atoms with Crippen molar-refractivity contribution in [1.82, 2.24) is 14.9 Å². The monoisotopic (exact) mass is 385 g/mol. The number of carbonyl (C=O) groups excluding carboxylic acids is 1. The Morgan fingerprint density at radius 1 is 0.889 bits per heavy atom. The van der Waals surface area contributed by atoms with Gasteiger partial charge in [0.05, 0.1) is 0 Å². The van der Waals surface area contributed by atoms with Gasteiger partial charge in [0.25, 0.3) is 5.91 Å². The van der Waals surface area contributed by atoms with E-state index in [1.807, 2.05) is 29.2 Å². The van der Waals surface area contributed by atoms with Gasteiger partial charge in [-0.15, -0.1) is 0 Å². The standard InChI is InChI=1S/C20H24ClN5O/c21-16-5-4-6-17(13-16)24-9-11-25(12-10-24)19-14-18(22-15-23-19)20(27)26-7-2-1-3-8-26/h4-6,13-15H,1-3,7-12H2. The summed E-state index contributed by atoms with van der Waals surface area (Å²) in [5, 5.41) is 0.756. The third-order valence-corrected chi connectivity index (χ3v) is 5.53. The molecular formula is C20H24ClN5O. The average molecular weight is 386 g/mol. The highest BCUT2D eigenvalue weighted by Crippen LogP contribution is 2.22. The summed E-state index contributed by atoms with van der Waals surface area (Å²) in [6.07, 6.45) is 4.87. The molecule has 0 atom stereocenters. The Hall–Kier alpha value is -2.34. The fraction of sp³-hybridized carbons (Fsp3) is 0.450. The molecule has 3 heterocycles. The first kappa shape index (κ1) is 18.0. The van der Waals surface area contributed by atoms with Gasteiger partial charge in [-0.1, -0.05) is 17.7 Å². The van der Waals surface area contributed by atoms with Gasteiger partial charge in [-0.05, 0) is 37.5 Å². The number of aromatic nitrogens is 2. The maximum absolute atomic E-state index is 12.7. The van der Waals surface area contributed by atoms with Crippen molar-refractivity contribution >= 4 is 29.0 Å². The lowest BCUT2D eigenvalue weighted by Crippen LogP contribution is -2.47. The zero-order chi connectivity index (χ0) is 18.6. The normalized spacial score (nSPS) is 17.9. The van der Waals surface area contributed by atoms with Crippen molar-refractivity contribution in [3.05, 3.63) is 47.4 Å². The number of anilines is 2. The number of piperidine rings is 1. The molecule has 2 fully saturated rings. The SMILES string of the molecule is O=C(c1cc(N2CCN(c3cccc(Cl)c3)CC2)ncn1)N1CCCCC1. The second-order valence-electron chi connectivity index (χ2n) is 7.07. The van der Waals surface area contributed by atoms with Crippen LogP contribution in [0.4, 0.5) is 11.5 Å². The fourth-order valence-corrected chi connectivity index (χ4v) is 3.95. The number of piperazine rings is 1. The third kappa shape index (κ3) is 4.16. The maximum Gasteiger partial charge on any atom is 0.272 e. The summed E-state index contributed by atoms with van der Waals surface area (Å²) in [5.41, 5.74) is 1.64. The van der Waals surface area contributed by atoms with Crippen molar-refractivity contribution in [3.8, 4) is 0 Å². The molecule has 2 aromatic rings. The Kier molecular flexibility index (Phi) is 5.43. The summed E-state index contributed by atoms with van der Waals surface area (Å²) in [7, 11) is 0. The topological polar surface area (TPSA) is 52.6 Å². The smallest absolute Gasteiger partial charge is 0.272 e. The molecule has 2 saturated heterocycles. The lowest BCUT2D eigenvalue weighted by atomic mass is 10.1. The van der Waals surface area contributed by atoms with E-state index in [4.69, 9.17) is 11.6 Å². The van der Waals surface area contributed by atoms with Crippen LogP contribution in [0, 0.1) is 0 Å². The van der Waals surface area contributed by atoms with E-state index in [1.165, 1.54) is 12.7 Å². The van der Waals surface area contributed by atoms with Crippen molar-refractivity contribution in [2.24, 2.45) is 0 Å². The van der Waals surface area contributed by atoms with E-state index in [0.29, 0.717) is 5.69 Å². The Labute approximate surface area is 164 Å². The number of hydrogen-bond acceptors (Lipinski definition) is 5. The molecule has 6 nitrogen and oxygen atoms in total. The van der Waals surface area contributed by atoms with E-state index < -0.39 is 0 Å². The van der Waals surface area contributed by atoms with Gasteiger partial charge in [0.15, 0.2) is 0 Å². The zero-order valence-corrected chi connectivity index (χ0v) is 16.1. The molecule has 1 aromatic carbocycles. The Morgan fingerprint density at radius 3 is 2.37 bits per heavy atom. The molecule has 0 bridgehead atoms. The van der Waals surface area contributed by atoms with Crippen LogP contribution in [-0.4, -0.2) is 60.0 Å². The molecule has 142 valence electrons. The van der Waals surface area contributed by atoms with E-state index in [-0.39, 0.29) is 5.91 Å². The van der Waals surface area contributed by atoms with Crippen LogP contribution in [-0.2, 0) is 0 Å². The predicted molar refractivity (Wildman–Crippen MR) is 108 cm³/mol. The number of rotatable bonds is 3. The first-order valence-electron chi connectivity index (χ1n) is 9.57. The summed E-state index contributed by atoms with van der Waals surface area (Å²) >= 11 is 6.11. The van der Waals surface area contributed by atoms with Crippen molar-refractivity contribution in [3.63, 3.8) is 0 Å². The summed E-state index contributed by atoms with van der Waals surface area (Å²) < 4.78 is 0. The maximum atomic E-state index is 12.7. The highest BCUT2D eigenvalue weighted by molar-refractivity contribution is 6.30. The third-order valence-electron chi connectivity index (χ3n) is 5.29. The molecule has 0 saturated carbocycles. The Balaban J connectivity index is 1.42. The molecule has 7 heteroatoms. The predicted octanol–water partition coefficient (Wildman–Crippen LogP) is 3.08. The minimum absolute atomic E-state index is 0.0240. The number of halogens is 1. The number of likely N-dealkylation sites (tertiary alicyclic amines) is 1. The van der Waals surface area contributed by atoms with Crippen LogP contribution in [0.25, 0.3) is 0 Å². The van der Waals surface area contributed by atoms with Crippen molar-refractivity contribution in [2.45, 2.75) is 19.3 Å². The van der Waals surface area contributed by atoms with Crippen LogP contribution in [0.15, 0.2) is 36.7 Å². The molecule has 1 aromatic heterocycles. The molecule has 0 spiro atoms. The van der Waals surface area contributed by atoms with Gasteiger partial charge in [-0.25, -0.2) is 9.97 Å². The minimum atomic E-state index is 0.0240. The van der Waals surface area contributed by atoms with Crippen molar-refractivity contribution in [1.29, 1.82) is 0 Å². The number of amides is 1. The molecule has 0 radical (unpaired) electrons. The Morgan fingerprint density at radius 2 is 1.63 bits per heavy atom. The number of nitrogens with zero attached hydrogens (tertiary/aromatic N) is 5. The summed E-state index contributed by atoms with van der Waals surface area (Å²) in [4.78, 5) is 27.8. The van der Waals surface area contributed by atoms with Gasteiger partial charge in [0, 0.05) is 56.0 Å². The quantitative estimate of drug-likeness (QED) is 0.812. The van der Waals surface area contributed by atoms with Crippen molar-refractivity contribution < 1.29 is 4.79 Å². The van der Waals surface area contributed by atoms with Crippen LogP contribution in [0.3, 0.4) is 0 Å². The minimum Gasteiger partial charge on any atom is -0.368 e. The second-order valence-corrected chi connectivity index (χ2v) is 7.50. The van der Waals surface area contributed by atoms with Gasteiger partial charge >= 0.3 is 0 Å². The van der Waals surface area contributed by atoms with E-state index >= 15 is 0 Å². The van der Waals surface area contributed by atoms with Crippen LogP contribution in [0.5, 0.6) is 0 Å². The average Bonchev–Trinajstić information content (AvgIpc) is 2.74. The van der Waals surface area contributed by atoms with Gasteiger partial charge < -0.3 is 14.7 Å². The van der Waals surface area contributed by atoms with Crippen LogP contribution in [0.1, 0.15) is 29.8 Å². The van der Waals surface area contributed by atoms with E-state index in [2.05, 4.69) is 25.8 Å².